The lowest BCUT2D eigenvalue weighted by Gasteiger charge is -2.36. The molecule has 5 nitrogen and oxygen atoms in total. The summed E-state index contributed by atoms with van der Waals surface area (Å²) in [5, 5.41) is 0. The molecule has 22 heavy (non-hydrogen) atoms. The number of piperazine rings is 1. The van der Waals surface area contributed by atoms with Gasteiger partial charge in [0.05, 0.1) is 0 Å². The van der Waals surface area contributed by atoms with Crippen molar-refractivity contribution in [3.05, 3.63) is 23.7 Å². The molecule has 5 heteroatoms. The summed E-state index contributed by atoms with van der Waals surface area (Å²) in [5.41, 5.74) is 0. The number of nitrogens with zero attached hydrogens (tertiary/aromatic N) is 2. The molecule has 0 spiro atoms. The first-order chi connectivity index (χ1) is 10.6. The Morgan fingerprint density at radius 2 is 1.64 bits per heavy atom. The molecule has 1 aliphatic heterocycles. The quantitative estimate of drug-likeness (QED) is 0.843. The second kappa shape index (κ2) is 6.55. The van der Waals surface area contributed by atoms with Gasteiger partial charge in [-0.1, -0.05) is 19.3 Å². The summed E-state index contributed by atoms with van der Waals surface area (Å²) in [6, 6.07) is 3.52. The maximum Gasteiger partial charge on any atom is 0.289 e. The van der Waals surface area contributed by atoms with Crippen molar-refractivity contribution in [2.24, 2.45) is 5.92 Å². The summed E-state index contributed by atoms with van der Waals surface area (Å²) in [4.78, 5) is 28.5. The van der Waals surface area contributed by atoms with Crippen LogP contribution in [0.25, 0.3) is 0 Å². The third kappa shape index (κ3) is 3.18. The van der Waals surface area contributed by atoms with Crippen molar-refractivity contribution in [1.29, 1.82) is 0 Å². The lowest BCUT2D eigenvalue weighted by Crippen LogP contribution is -2.52. The Bertz CT molecular complexity index is 538. The van der Waals surface area contributed by atoms with E-state index in [4.69, 9.17) is 4.42 Å². The summed E-state index contributed by atoms with van der Waals surface area (Å²) in [6.07, 6.45) is 5.67. The zero-order valence-electron chi connectivity index (χ0n) is 13.2. The second-order valence-electron chi connectivity index (χ2n) is 6.36. The lowest BCUT2D eigenvalue weighted by molar-refractivity contribution is -0.138. The Morgan fingerprint density at radius 1 is 1.00 bits per heavy atom. The molecule has 120 valence electrons. The molecule has 0 radical (unpaired) electrons. The van der Waals surface area contributed by atoms with Gasteiger partial charge in [-0.25, -0.2) is 0 Å². The Labute approximate surface area is 131 Å². The van der Waals surface area contributed by atoms with Crippen LogP contribution in [0.5, 0.6) is 0 Å². The van der Waals surface area contributed by atoms with Gasteiger partial charge in [0.25, 0.3) is 5.91 Å². The molecule has 0 atom stereocenters. The molecule has 1 saturated carbocycles. The van der Waals surface area contributed by atoms with E-state index in [1.54, 1.807) is 17.0 Å². The van der Waals surface area contributed by atoms with Gasteiger partial charge in [0, 0.05) is 32.1 Å². The van der Waals surface area contributed by atoms with Crippen molar-refractivity contribution < 1.29 is 14.0 Å². The second-order valence-corrected chi connectivity index (χ2v) is 6.36. The molecular weight excluding hydrogens is 280 g/mol. The smallest absolute Gasteiger partial charge is 0.289 e. The van der Waals surface area contributed by atoms with Gasteiger partial charge in [0.15, 0.2) is 5.76 Å². The third-order valence-corrected chi connectivity index (χ3v) is 4.78. The van der Waals surface area contributed by atoms with Crippen LogP contribution in [-0.4, -0.2) is 47.8 Å². The Morgan fingerprint density at radius 3 is 2.23 bits per heavy atom. The molecule has 0 N–H and O–H groups in total. The van der Waals surface area contributed by atoms with Crippen molar-refractivity contribution >= 4 is 11.8 Å². The largest absolute Gasteiger partial charge is 0.456 e. The van der Waals surface area contributed by atoms with Gasteiger partial charge in [-0.2, -0.15) is 0 Å². The van der Waals surface area contributed by atoms with Gasteiger partial charge < -0.3 is 14.2 Å². The number of amides is 2. The molecule has 1 aromatic rings. The number of rotatable bonds is 2. The number of hydrogen-bond donors (Lipinski definition) is 0. The predicted molar refractivity (Wildman–Crippen MR) is 82.5 cm³/mol. The van der Waals surface area contributed by atoms with Gasteiger partial charge in [-0.15, -0.1) is 0 Å². The van der Waals surface area contributed by atoms with Crippen LogP contribution in [0.2, 0.25) is 0 Å². The number of hydrogen-bond acceptors (Lipinski definition) is 3. The monoisotopic (exact) mass is 304 g/mol. The summed E-state index contributed by atoms with van der Waals surface area (Å²) in [6.45, 7) is 4.30. The van der Waals surface area contributed by atoms with Crippen molar-refractivity contribution in [2.75, 3.05) is 26.2 Å². The lowest BCUT2D eigenvalue weighted by atomic mass is 9.88. The Balaban J connectivity index is 1.53. The maximum absolute atomic E-state index is 12.5. The van der Waals surface area contributed by atoms with E-state index in [1.807, 2.05) is 11.8 Å². The molecule has 0 unspecified atom stereocenters. The SMILES string of the molecule is Cc1ccc(C(=O)N2CCN(C(=O)C3CCCCC3)CC2)o1. The highest BCUT2D eigenvalue weighted by molar-refractivity contribution is 5.91. The molecule has 3 rings (SSSR count). The zero-order chi connectivity index (χ0) is 15.5. The molecule has 1 saturated heterocycles. The maximum atomic E-state index is 12.5. The first-order valence-corrected chi connectivity index (χ1v) is 8.29. The molecule has 2 heterocycles. The average Bonchev–Trinajstić information content (AvgIpc) is 3.01. The topological polar surface area (TPSA) is 53.8 Å². The fraction of sp³-hybridized carbons (Fsp3) is 0.647. The van der Waals surface area contributed by atoms with Crippen molar-refractivity contribution in [3.63, 3.8) is 0 Å². The molecule has 0 bridgehead atoms. The molecular formula is C17H24N2O3. The van der Waals surface area contributed by atoms with E-state index < -0.39 is 0 Å². The number of carbonyl (C=O) groups excluding carboxylic acids is 2. The van der Waals surface area contributed by atoms with Crippen molar-refractivity contribution in [3.8, 4) is 0 Å². The first kappa shape index (κ1) is 15.1. The molecule has 1 aromatic heterocycles. The van der Waals surface area contributed by atoms with Gasteiger partial charge in [0.1, 0.15) is 5.76 Å². The normalized spacial score (nSPS) is 20.2. The minimum Gasteiger partial charge on any atom is -0.456 e. The summed E-state index contributed by atoms with van der Waals surface area (Å²) < 4.78 is 5.40. The van der Waals surface area contributed by atoms with E-state index in [-0.39, 0.29) is 11.8 Å². The standard InChI is InChI=1S/C17H24N2O3/c1-13-7-8-15(22-13)17(21)19-11-9-18(10-12-19)16(20)14-5-3-2-4-6-14/h7-8,14H,2-6,9-12H2,1H3. The highest BCUT2D eigenvalue weighted by atomic mass is 16.3. The number of aryl methyl sites for hydroxylation is 1. The molecule has 0 aromatic carbocycles. The highest BCUT2D eigenvalue weighted by Gasteiger charge is 2.30. The van der Waals surface area contributed by atoms with Crippen molar-refractivity contribution in [2.45, 2.75) is 39.0 Å². The van der Waals surface area contributed by atoms with Gasteiger partial charge in [0.2, 0.25) is 5.91 Å². The van der Waals surface area contributed by atoms with Crippen LogP contribution < -0.4 is 0 Å². The third-order valence-electron chi connectivity index (χ3n) is 4.78. The fourth-order valence-corrected chi connectivity index (χ4v) is 3.44. The van der Waals surface area contributed by atoms with Crippen LogP contribution in [0, 0.1) is 12.8 Å². The van der Waals surface area contributed by atoms with Crippen LogP contribution >= 0.6 is 0 Å². The molecule has 2 fully saturated rings. The minimum absolute atomic E-state index is 0.0714. The van der Waals surface area contributed by atoms with Gasteiger partial charge >= 0.3 is 0 Å². The molecule has 2 aliphatic rings. The summed E-state index contributed by atoms with van der Waals surface area (Å²) in [7, 11) is 0. The fourth-order valence-electron chi connectivity index (χ4n) is 3.44. The number of carbonyl (C=O) groups is 2. The van der Waals surface area contributed by atoms with E-state index in [0.717, 1.165) is 18.6 Å². The van der Waals surface area contributed by atoms with Crippen LogP contribution in [0.3, 0.4) is 0 Å². The Hall–Kier alpha value is -1.78. The van der Waals surface area contributed by atoms with E-state index in [0.29, 0.717) is 37.8 Å². The van der Waals surface area contributed by atoms with Crippen LogP contribution in [0.4, 0.5) is 0 Å². The minimum atomic E-state index is -0.0714. The molecule has 2 amide bonds. The van der Waals surface area contributed by atoms with Gasteiger partial charge in [-0.05, 0) is 31.9 Å². The van der Waals surface area contributed by atoms with Crippen LogP contribution in [0.1, 0.15) is 48.4 Å². The zero-order valence-corrected chi connectivity index (χ0v) is 13.2. The highest BCUT2D eigenvalue weighted by Crippen LogP contribution is 2.26. The van der Waals surface area contributed by atoms with Crippen LogP contribution in [0.15, 0.2) is 16.5 Å². The molecule has 1 aliphatic carbocycles. The average molecular weight is 304 g/mol. The summed E-state index contributed by atoms with van der Waals surface area (Å²) in [5.74, 6) is 1.57. The predicted octanol–water partition coefficient (Wildman–Crippen LogP) is 2.45. The van der Waals surface area contributed by atoms with E-state index in [2.05, 4.69) is 0 Å². The van der Waals surface area contributed by atoms with E-state index in [1.165, 1.54) is 19.3 Å². The van der Waals surface area contributed by atoms with E-state index >= 15 is 0 Å². The summed E-state index contributed by atoms with van der Waals surface area (Å²) >= 11 is 0. The van der Waals surface area contributed by atoms with Gasteiger partial charge in [-0.3, -0.25) is 9.59 Å². The van der Waals surface area contributed by atoms with E-state index in [9.17, 15) is 9.59 Å². The van der Waals surface area contributed by atoms with Crippen molar-refractivity contribution in [1.82, 2.24) is 9.80 Å². The Kier molecular flexibility index (Phi) is 4.50. The first-order valence-electron chi connectivity index (χ1n) is 8.29. The number of furan rings is 1. The van der Waals surface area contributed by atoms with Crippen LogP contribution in [-0.2, 0) is 4.79 Å².